The van der Waals surface area contributed by atoms with E-state index in [-0.39, 0.29) is 5.78 Å². The minimum Gasteiger partial charge on any atom is -0.497 e. The summed E-state index contributed by atoms with van der Waals surface area (Å²) in [4.78, 5) is 24.6. The van der Waals surface area contributed by atoms with Crippen LogP contribution in [-0.2, 0) is 4.74 Å². The van der Waals surface area contributed by atoms with Crippen LogP contribution in [0.25, 0.3) is 0 Å². The third-order valence-corrected chi connectivity index (χ3v) is 3.70. The molecule has 0 spiro atoms. The number of Topliss-reactive ketones (excluding diaryl/α,β-unsaturated/α-hetero) is 1. The molecular formula is C21H24O6. The highest BCUT2D eigenvalue weighted by Gasteiger charge is 2.16. The van der Waals surface area contributed by atoms with Gasteiger partial charge in [0.25, 0.3) is 0 Å². The van der Waals surface area contributed by atoms with E-state index in [2.05, 4.69) is 0 Å². The number of esters is 1. The molecule has 2 aromatic carbocycles. The molecule has 2 aromatic rings. The zero-order valence-corrected chi connectivity index (χ0v) is 16.0. The van der Waals surface area contributed by atoms with Crippen molar-refractivity contribution in [3.8, 4) is 17.2 Å². The molecule has 0 aliphatic carbocycles. The van der Waals surface area contributed by atoms with E-state index >= 15 is 0 Å². The van der Waals surface area contributed by atoms with Crippen molar-refractivity contribution >= 4 is 11.8 Å². The zero-order chi connectivity index (χ0) is 19.8. The third-order valence-electron chi connectivity index (χ3n) is 3.70. The van der Waals surface area contributed by atoms with Gasteiger partial charge >= 0.3 is 5.97 Å². The standard InChI is InChI=1S/C21H24O6/c1-14(2)12-26-17-7-5-6-15(10-17)21(23)27-13-19(22)18-9-8-16(24-3)11-20(18)25-4/h5-11,14H,12-13H2,1-4H3. The second kappa shape index (κ2) is 9.62. The second-order valence-corrected chi connectivity index (χ2v) is 6.30. The maximum absolute atomic E-state index is 12.4. The molecule has 2 rings (SSSR count). The van der Waals surface area contributed by atoms with Gasteiger partial charge in [0.15, 0.2) is 6.61 Å². The van der Waals surface area contributed by atoms with Gasteiger partial charge in [0.05, 0.1) is 32.0 Å². The number of benzene rings is 2. The van der Waals surface area contributed by atoms with Crippen molar-refractivity contribution in [2.45, 2.75) is 13.8 Å². The van der Waals surface area contributed by atoms with E-state index in [1.807, 2.05) is 13.8 Å². The topological polar surface area (TPSA) is 71.1 Å². The van der Waals surface area contributed by atoms with Crippen LogP contribution in [0.15, 0.2) is 42.5 Å². The highest BCUT2D eigenvalue weighted by molar-refractivity contribution is 6.01. The second-order valence-electron chi connectivity index (χ2n) is 6.30. The average Bonchev–Trinajstić information content (AvgIpc) is 2.69. The minimum atomic E-state index is -0.592. The molecule has 6 nitrogen and oxygen atoms in total. The Kier molecular flexibility index (Phi) is 7.23. The first-order chi connectivity index (χ1) is 12.9. The summed E-state index contributed by atoms with van der Waals surface area (Å²) < 4.78 is 21.1. The van der Waals surface area contributed by atoms with Gasteiger partial charge in [0.1, 0.15) is 17.2 Å². The summed E-state index contributed by atoms with van der Waals surface area (Å²) in [6.07, 6.45) is 0. The molecule has 0 saturated carbocycles. The average molecular weight is 372 g/mol. The van der Waals surface area contributed by atoms with E-state index in [1.165, 1.54) is 14.2 Å². The van der Waals surface area contributed by atoms with Gasteiger partial charge in [-0.05, 0) is 36.2 Å². The van der Waals surface area contributed by atoms with E-state index in [0.29, 0.717) is 40.9 Å². The van der Waals surface area contributed by atoms with Crippen LogP contribution in [0.2, 0.25) is 0 Å². The van der Waals surface area contributed by atoms with Crippen molar-refractivity contribution in [3.63, 3.8) is 0 Å². The predicted octanol–water partition coefficient (Wildman–Crippen LogP) is 3.78. The number of ether oxygens (including phenoxy) is 4. The van der Waals surface area contributed by atoms with Crippen LogP contribution in [-0.4, -0.2) is 39.2 Å². The molecule has 0 saturated heterocycles. The molecule has 144 valence electrons. The molecular weight excluding hydrogens is 348 g/mol. The Bertz CT molecular complexity index is 797. The maximum atomic E-state index is 12.4. The third kappa shape index (κ3) is 5.74. The van der Waals surface area contributed by atoms with Crippen LogP contribution < -0.4 is 14.2 Å². The minimum absolute atomic E-state index is 0.320. The van der Waals surface area contributed by atoms with Crippen LogP contribution >= 0.6 is 0 Å². The van der Waals surface area contributed by atoms with Crippen molar-refractivity contribution in [1.29, 1.82) is 0 Å². The number of carbonyl (C=O) groups excluding carboxylic acids is 2. The van der Waals surface area contributed by atoms with Crippen molar-refractivity contribution in [2.24, 2.45) is 5.92 Å². The maximum Gasteiger partial charge on any atom is 0.338 e. The Morgan fingerprint density at radius 2 is 1.74 bits per heavy atom. The summed E-state index contributed by atoms with van der Waals surface area (Å²) in [5.74, 6) is 0.929. The lowest BCUT2D eigenvalue weighted by atomic mass is 10.1. The lowest BCUT2D eigenvalue weighted by Crippen LogP contribution is -2.15. The first-order valence-corrected chi connectivity index (χ1v) is 8.59. The Hall–Kier alpha value is -3.02. The fraction of sp³-hybridized carbons (Fsp3) is 0.333. The highest BCUT2D eigenvalue weighted by Crippen LogP contribution is 2.25. The van der Waals surface area contributed by atoms with Gasteiger partial charge in [-0.1, -0.05) is 19.9 Å². The molecule has 0 aliphatic rings. The Morgan fingerprint density at radius 1 is 0.963 bits per heavy atom. The lowest BCUT2D eigenvalue weighted by Gasteiger charge is -2.11. The van der Waals surface area contributed by atoms with E-state index in [0.717, 1.165) is 0 Å². The van der Waals surface area contributed by atoms with Gasteiger partial charge in [0.2, 0.25) is 5.78 Å². The molecule has 0 heterocycles. The number of rotatable bonds is 9. The summed E-state index contributed by atoms with van der Waals surface area (Å²) >= 11 is 0. The Labute approximate surface area is 159 Å². The van der Waals surface area contributed by atoms with Crippen LogP contribution in [0.5, 0.6) is 17.2 Å². The van der Waals surface area contributed by atoms with Gasteiger partial charge in [-0.15, -0.1) is 0 Å². The Morgan fingerprint density at radius 3 is 2.41 bits per heavy atom. The fourth-order valence-corrected chi connectivity index (χ4v) is 2.30. The molecule has 6 heteroatoms. The summed E-state index contributed by atoms with van der Waals surface area (Å²) in [6, 6.07) is 11.5. The van der Waals surface area contributed by atoms with Crippen molar-refractivity contribution in [3.05, 3.63) is 53.6 Å². The number of hydrogen-bond donors (Lipinski definition) is 0. The van der Waals surface area contributed by atoms with Crippen LogP contribution in [0.1, 0.15) is 34.6 Å². The molecule has 0 bridgehead atoms. The number of carbonyl (C=O) groups is 2. The van der Waals surface area contributed by atoms with Gasteiger partial charge in [0, 0.05) is 6.07 Å². The van der Waals surface area contributed by atoms with E-state index in [9.17, 15) is 9.59 Å². The summed E-state index contributed by atoms with van der Waals surface area (Å²) in [5.41, 5.74) is 0.644. The van der Waals surface area contributed by atoms with Crippen LogP contribution in [0, 0.1) is 5.92 Å². The fourth-order valence-electron chi connectivity index (χ4n) is 2.30. The van der Waals surface area contributed by atoms with Crippen LogP contribution in [0.3, 0.4) is 0 Å². The molecule has 0 radical (unpaired) electrons. The molecule has 0 aliphatic heterocycles. The normalized spacial score (nSPS) is 10.4. The van der Waals surface area contributed by atoms with E-state index < -0.39 is 12.6 Å². The lowest BCUT2D eigenvalue weighted by molar-refractivity contribution is 0.0473. The first kappa shape index (κ1) is 20.3. The van der Waals surface area contributed by atoms with Crippen molar-refractivity contribution < 1.29 is 28.5 Å². The molecule has 27 heavy (non-hydrogen) atoms. The number of hydrogen-bond acceptors (Lipinski definition) is 6. The Balaban J connectivity index is 2.01. The predicted molar refractivity (Wildman–Crippen MR) is 101 cm³/mol. The highest BCUT2D eigenvalue weighted by atomic mass is 16.5. The summed E-state index contributed by atoms with van der Waals surface area (Å²) in [7, 11) is 2.98. The van der Waals surface area contributed by atoms with Gasteiger partial charge < -0.3 is 18.9 Å². The largest absolute Gasteiger partial charge is 0.497 e. The van der Waals surface area contributed by atoms with Gasteiger partial charge in [-0.25, -0.2) is 4.79 Å². The van der Waals surface area contributed by atoms with Crippen molar-refractivity contribution in [2.75, 3.05) is 27.4 Å². The molecule has 0 aromatic heterocycles. The first-order valence-electron chi connectivity index (χ1n) is 8.59. The van der Waals surface area contributed by atoms with E-state index in [4.69, 9.17) is 18.9 Å². The van der Waals surface area contributed by atoms with Gasteiger partial charge in [-0.3, -0.25) is 4.79 Å². The zero-order valence-electron chi connectivity index (χ0n) is 16.0. The SMILES string of the molecule is COc1ccc(C(=O)COC(=O)c2cccc(OCC(C)C)c2)c(OC)c1. The molecule has 0 amide bonds. The van der Waals surface area contributed by atoms with Crippen molar-refractivity contribution in [1.82, 2.24) is 0 Å². The number of methoxy groups -OCH3 is 2. The number of ketones is 1. The summed E-state index contributed by atoms with van der Waals surface area (Å²) in [5, 5.41) is 0. The van der Waals surface area contributed by atoms with Crippen LogP contribution in [0.4, 0.5) is 0 Å². The monoisotopic (exact) mass is 372 g/mol. The molecule has 0 atom stereocenters. The molecule has 0 N–H and O–H groups in total. The summed E-state index contributed by atoms with van der Waals surface area (Å²) in [6.45, 7) is 4.24. The molecule has 0 unspecified atom stereocenters. The quantitative estimate of drug-likeness (QED) is 0.493. The molecule has 0 fully saturated rings. The van der Waals surface area contributed by atoms with E-state index in [1.54, 1.807) is 42.5 Å². The smallest absolute Gasteiger partial charge is 0.338 e. The van der Waals surface area contributed by atoms with Gasteiger partial charge in [-0.2, -0.15) is 0 Å².